The van der Waals surface area contributed by atoms with Crippen LogP contribution in [0.4, 0.5) is 0 Å². The number of hydrogen-bond acceptors (Lipinski definition) is 4. The van der Waals surface area contributed by atoms with E-state index in [9.17, 15) is 13.2 Å². The first-order valence-electron chi connectivity index (χ1n) is 5.53. The minimum Gasteiger partial charge on any atom is -0.427 e. The maximum Gasteiger partial charge on any atom is 0.311 e. The molecule has 0 aliphatic rings. The molecule has 5 heteroatoms. The van der Waals surface area contributed by atoms with Crippen molar-refractivity contribution in [2.75, 3.05) is 5.75 Å². The van der Waals surface area contributed by atoms with Gasteiger partial charge in [0.2, 0.25) is 0 Å². The van der Waals surface area contributed by atoms with Crippen molar-refractivity contribution < 1.29 is 17.9 Å². The number of hydrogen-bond donors (Lipinski definition) is 0. The fourth-order valence-corrected chi connectivity index (χ4v) is 2.15. The summed E-state index contributed by atoms with van der Waals surface area (Å²) in [5, 5.41) is 0. The molecule has 1 aromatic carbocycles. The summed E-state index contributed by atoms with van der Waals surface area (Å²) in [6.45, 7) is 3.47. The molecule has 0 spiro atoms. The van der Waals surface area contributed by atoms with E-state index in [0.717, 1.165) is 6.42 Å². The van der Waals surface area contributed by atoms with Crippen LogP contribution in [-0.4, -0.2) is 20.1 Å². The van der Waals surface area contributed by atoms with Crippen LogP contribution < -0.4 is 4.74 Å². The van der Waals surface area contributed by atoms with Crippen molar-refractivity contribution in [1.82, 2.24) is 0 Å². The lowest BCUT2D eigenvalue weighted by Gasteiger charge is -2.05. The van der Waals surface area contributed by atoms with Gasteiger partial charge in [-0.3, -0.25) is 4.79 Å². The Balaban J connectivity index is 2.79. The van der Waals surface area contributed by atoms with Gasteiger partial charge in [0.1, 0.15) is 5.75 Å². The van der Waals surface area contributed by atoms with Crippen molar-refractivity contribution in [3.63, 3.8) is 0 Å². The van der Waals surface area contributed by atoms with Crippen LogP contribution in [0.5, 0.6) is 5.75 Å². The number of benzene rings is 1. The zero-order valence-electron chi connectivity index (χ0n) is 9.97. The van der Waals surface area contributed by atoms with E-state index < -0.39 is 9.84 Å². The maximum atomic E-state index is 11.5. The molecule has 1 aromatic rings. The SMILES string of the molecule is CCCC(=O)Oc1ccc(S(=O)(=O)CC)cc1. The third kappa shape index (κ3) is 3.85. The quantitative estimate of drug-likeness (QED) is 0.598. The average molecular weight is 256 g/mol. The van der Waals surface area contributed by atoms with Gasteiger partial charge in [-0.15, -0.1) is 0 Å². The van der Waals surface area contributed by atoms with Crippen LogP contribution in [-0.2, 0) is 14.6 Å². The number of carbonyl (C=O) groups excluding carboxylic acids is 1. The lowest BCUT2D eigenvalue weighted by atomic mass is 10.3. The second kappa shape index (κ2) is 5.82. The van der Waals surface area contributed by atoms with Crippen LogP contribution in [0.2, 0.25) is 0 Å². The second-order valence-corrected chi connectivity index (χ2v) is 5.88. The monoisotopic (exact) mass is 256 g/mol. The molecule has 0 amide bonds. The van der Waals surface area contributed by atoms with E-state index in [-0.39, 0.29) is 16.6 Å². The molecular weight excluding hydrogens is 240 g/mol. The number of esters is 1. The fourth-order valence-electron chi connectivity index (χ4n) is 1.27. The number of ether oxygens (including phenoxy) is 1. The molecule has 0 fully saturated rings. The zero-order chi connectivity index (χ0) is 12.9. The largest absolute Gasteiger partial charge is 0.427 e. The molecule has 0 saturated heterocycles. The van der Waals surface area contributed by atoms with Gasteiger partial charge in [-0.25, -0.2) is 8.42 Å². The van der Waals surface area contributed by atoms with Gasteiger partial charge >= 0.3 is 5.97 Å². The Morgan fingerprint density at radius 1 is 1.18 bits per heavy atom. The minimum absolute atomic E-state index is 0.0575. The first kappa shape index (κ1) is 13.7. The van der Waals surface area contributed by atoms with E-state index >= 15 is 0 Å². The standard InChI is InChI=1S/C12H16O4S/c1-3-5-12(13)16-10-6-8-11(9-7-10)17(14,15)4-2/h6-9H,3-5H2,1-2H3. The highest BCUT2D eigenvalue weighted by Gasteiger charge is 2.11. The van der Waals surface area contributed by atoms with Gasteiger partial charge in [0, 0.05) is 6.42 Å². The molecule has 17 heavy (non-hydrogen) atoms. The van der Waals surface area contributed by atoms with Gasteiger partial charge in [0.15, 0.2) is 9.84 Å². The maximum absolute atomic E-state index is 11.5. The summed E-state index contributed by atoms with van der Waals surface area (Å²) in [6.07, 6.45) is 1.08. The lowest BCUT2D eigenvalue weighted by Crippen LogP contribution is -2.07. The van der Waals surface area contributed by atoms with Gasteiger partial charge < -0.3 is 4.74 Å². The van der Waals surface area contributed by atoms with Crippen molar-refractivity contribution in [1.29, 1.82) is 0 Å². The number of sulfone groups is 1. The Hall–Kier alpha value is -1.36. The second-order valence-electron chi connectivity index (χ2n) is 3.60. The molecule has 0 heterocycles. The van der Waals surface area contributed by atoms with Crippen molar-refractivity contribution in [3.05, 3.63) is 24.3 Å². The highest BCUT2D eigenvalue weighted by molar-refractivity contribution is 7.91. The summed E-state index contributed by atoms with van der Waals surface area (Å²) in [5.74, 6) is 0.124. The zero-order valence-corrected chi connectivity index (χ0v) is 10.8. The first-order chi connectivity index (χ1) is 7.99. The molecule has 0 saturated carbocycles. The highest BCUT2D eigenvalue weighted by atomic mass is 32.2. The average Bonchev–Trinajstić information content (AvgIpc) is 2.30. The number of carbonyl (C=O) groups is 1. The van der Waals surface area contributed by atoms with E-state index in [1.165, 1.54) is 24.3 Å². The summed E-state index contributed by atoms with van der Waals surface area (Å²) < 4.78 is 28.1. The highest BCUT2D eigenvalue weighted by Crippen LogP contribution is 2.17. The van der Waals surface area contributed by atoms with Gasteiger partial charge in [-0.05, 0) is 30.7 Å². The van der Waals surface area contributed by atoms with Crippen molar-refractivity contribution >= 4 is 15.8 Å². The molecule has 0 unspecified atom stereocenters. The Kier molecular flexibility index (Phi) is 4.69. The smallest absolute Gasteiger partial charge is 0.311 e. The van der Waals surface area contributed by atoms with E-state index in [2.05, 4.69) is 0 Å². The molecule has 1 rings (SSSR count). The molecule has 0 atom stereocenters. The van der Waals surface area contributed by atoms with E-state index in [0.29, 0.717) is 12.2 Å². The van der Waals surface area contributed by atoms with Crippen LogP contribution >= 0.6 is 0 Å². The van der Waals surface area contributed by atoms with Crippen LogP contribution in [0.25, 0.3) is 0 Å². The Bertz CT molecular complexity index is 474. The fraction of sp³-hybridized carbons (Fsp3) is 0.417. The molecule has 94 valence electrons. The van der Waals surface area contributed by atoms with Crippen molar-refractivity contribution in [2.24, 2.45) is 0 Å². The van der Waals surface area contributed by atoms with Crippen LogP contribution in [0.1, 0.15) is 26.7 Å². The van der Waals surface area contributed by atoms with Crippen molar-refractivity contribution in [2.45, 2.75) is 31.6 Å². The molecule has 0 aliphatic carbocycles. The third-order valence-electron chi connectivity index (χ3n) is 2.25. The predicted molar refractivity (Wildman–Crippen MR) is 64.7 cm³/mol. The molecule has 0 aromatic heterocycles. The summed E-state index contributed by atoms with van der Waals surface area (Å²) in [5.41, 5.74) is 0. The molecule has 0 aliphatic heterocycles. The number of rotatable bonds is 5. The molecular formula is C12H16O4S. The minimum atomic E-state index is -3.19. The van der Waals surface area contributed by atoms with Gasteiger partial charge in [-0.2, -0.15) is 0 Å². The summed E-state index contributed by atoms with van der Waals surface area (Å²) >= 11 is 0. The summed E-state index contributed by atoms with van der Waals surface area (Å²) in [6, 6.07) is 5.90. The van der Waals surface area contributed by atoms with Crippen molar-refractivity contribution in [3.8, 4) is 5.75 Å². The summed E-state index contributed by atoms with van der Waals surface area (Å²) in [4.78, 5) is 11.5. The summed E-state index contributed by atoms with van der Waals surface area (Å²) in [7, 11) is -3.19. The predicted octanol–water partition coefficient (Wildman–Crippen LogP) is 2.19. The van der Waals surface area contributed by atoms with Gasteiger partial charge in [0.05, 0.1) is 10.6 Å². The Morgan fingerprint density at radius 3 is 2.24 bits per heavy atom. The lowest BCUT2D eigenvalue weighted by molar-refractivity contribution is -0.134. The topological polar surface area (TPSA) is 60.4 Å². The van der Waals surface area contributed by atoms with Crippen LogP contribution in [0.3, 0.4) is 0 Å². The Labute approximate surface area is 102 Å². The van der Waals surface area contributed by atoms with E-state index in [1.54, 1.807) is 6.92 Å². The van der Waals surface area contributed by atoms with Gasteiger partial charge in [0.25, 0.3) is 0 Å². The molecule has 0 bridgehead atoms. The molecule has 4 nitrogen and oxygen atoms in total. The Morgan fingerprint density at radius 2 is 1.76 bits per heavy atom. The van der Waals surface area contributed by atoms with E-state index in [4.69, 9.17) is 4.74 Å². The van der Waals surface area contributed by atoms with Crippen LogP contribution in [0, 0.1) is 0 Å². The van der Waals surface area contributed by atoms with Gasteiger partial charge in [-0.1, -0.05) is 13.8 Å². The third-order valence-corrected chi connectivity index (χ3v) is 4.00. The molecule has 0 N–H and O–H groups in total. The van der Waals surface area contributed by atoms with E-state index in [1.807, 2.05) is 6.92 Å². The van der Waals surface area contributed by atoms with Crippen LogP contribution in [0.15, 0.2) is 29.2 Å². The molecule has 0 radical (unpaired) electrons. The first-order valence-corrected chi connectivity index (χ1v) is 7.18. The normalized spacial score (nSPS) is 11.2.